The summed E-state index contributed by atoms with van der Waals surface area (Å²) in [6, 6.07) is 13.1. The highest BCUT2D eigenvalue weighted by molar-refractivity contribution is 7.88. The lowest BCUT2D eigenvalue weighted by Crippen LogP contribution is -2.24. The van der Waals surface area contributed by atoms with Gasteiger partial charge in [-0.3, -0.25) is 0 Å². The maximum Gasteiger partial charge on any atom is 0.216 e. The first-order valence-electron chi connectivity index (χ1n) is 6.22. The molecule has 20 heavy (non-hydrogen) atoms. The van der Waals surface area contributed by atoms with Crippen molar-refractivity contribution in [3.05, 3.63) is 71.0 Å². The van der Waals surface area contributed by atoms with Gasteiger partial charge in [0.05, 0.1) is 5.75 Å². The van der Waals surface area contributed by atoms with Crippen molar-refractivity contribution in [1.82, 2.24) is 4.72 Å². The summed E-state index contributed by atoms with van der Waals surface area (Å²) < 4.78 is 39.1. The molecule has 0 amide bonds. The maximum absolute atomic E-state index is 12.7. The van der Waals surface area contributed by atoms with Crippen LogP contribution in [0.5, 0.6) is 0 Å². The van der Waals surface area contributed by atoms with Gasteiger partial charge in [0, 0.05) is 6.54 Å². The van der Waals surface area contributed by atoms with Gasteiger partial charge >= 0.3 is 0 Å². The second-order valence-corrected chi connectivity index (χ2v) is 6.50. The zero-order valence-electron chi connectivity index (χ0n) is 11.1. The quantitative estimate of drug-likeness (QED) is 0.921. The van der Waals surface area contributed by atoms with Crippen LogP contribution >= 0.6 is 0 Å². The van der Waals surface area contributed by atoms with Crippen LogP contribution in [-0.2, 0) is 22.3 Å². The average molecular weight is 293 g/mol. The molecule has 0 saturated carbocycles. The van der Waals surface area contributed by atoms with Crippen molar-refractivity contribution >= 4 is 10.0 Å². The van der Waals surface area contributed by atoms with E-state index in [2.05, 4.69) is 4.72 Å². The highest BCUT2D eigenvalue weighted by Gasteiger charge is 2.11. The lowest BCUT2D eigenvalue weighted by atomic mass is 10.2. The normalized spacial score (nSPS) is 11.5. The number of benzene rings is 2. The minimum atomic E-state index is -3.40. The third kappa shape index (κ3) is 4.43. The van der Waals surface area contributed by atoms with Crippen molar-refractivity contribution in [3.63, 3.8) is 0 Å². The Bertz CT molecular complexity index is 664. The molecule has 2 aromatic rings. The maximum atomic E-state index is 12.7. The van der Waals surface area contributed by atoms with Gasteiger partial charge in [-0.05, 0) is 30.2 Å². The van der Waals surface area contributed by atoms with E-state index in [-0.39, 0.29) is 18.1 Å². The predicted molar refractivity (Wildman–Crippen MR) is 77.0 cm³/mol. The van der Waals surface area contributed by atoms with Crippen molar-refractivity contribution in [2.45, 2.75) is 19.2 Å². The fourth-order valence-electron chi connectivity index (χ4n) is 1.75. The lowest BCUT2D eigenvalue weighted by Gasteiger charge is -2.07. The van der Waals surface area contributed by atoms with Crippen LogP contribution in [-0.4, -0.2) is 8.42 Å². The van der Waals surface area contributed by atoms with Crippen molar-refractivity contribution in [1.29, 1.82) is 0 Å². The van der Waals surface area contributed by atoms with E-state index in [1.165, 1.54) is 12.1 Å². The van der Waals surface area contributed by atoms with Gasteiger partial charge in [0.2, 0.25) is 10.0 Å². The van der Waals surface area contributed by atoms with Crippen molar-refractivity contribution in [2.24, 2.45) is 0 Å². The van der Waals surface area contributed by atoms with Crippen LogP contribution in [0.4, 0.5) is 4.39 Å². The fourth-order valence-corrected chi connectivity index (χ4v) is 2.87. The third-order valence-electron chi connectivity index (χ3n) is 2.89. The number of hydrogen-bond acceptors (Lipinski definition) is 2. The van der Waals surface area contributed by atoms with E-state index in [4.69, 9.17) is 0 Å². The summed E-state index contributed by atoms with van der Waals surface area (Å²) in [5.74, 6) is -0.398. The molecule has 0 aromatic heterocycles. The number of sulfonamides is 1. The monoisotopic (exact) mass is 293 g/mol. The van der Waals surface area contributed by atoms with Gasteiger partial charge in [-0.1, -0.05) is 42.0 Å². The molecule has 0 saturated heterocycles. The highest BCUT2D eigenvalue weighted by Crippen LogP contribution is 2.08. The summed E-state index contributed by atoms with van der Waals surface area (Å²) >= 11 is 0. The Labute approximate surface area is 118 Å². The second kappa shape index (κ2) is 6.15. The summed E-state index contributed by atoms with van der Waals surface area (Å²) in [5, 5.41) is 0. The number of hydrogen-bond donors (Lipinski definition) is 1. The summed E-state index contributed by atoms with van der Waals surface area (Å²) in [4.78, 5) is 0. The van der Waals surface area contributed by atoms with Gasteiger partial charge in [-0.2, -0.15) is 0 Å². The van der Waals surface area contributed by atoms with Crippen LogP contribution in [0.15, 0.2) is 48.5 Å². The van der Waals surface area contributed by atoms with Gasteiger partial charge < -0.3 is 0 Å². The molecule has 0 aliphatic carbocycles. The van der Waals surface area contributed by atoms with Gasteiger partial charge in [0.15, 0.2) is 0 Å². The molecule has 2 aromatic carbocycles. The summed E-state index contributed by atoms with van der Waals surface area (Å²) in [5.41, 5.74) is 2.55. The molecule has 0 aliphatic rings. The van der Waals surface area contributed by atoms with Crippen LogP contribution in [0.2, 0.25) is 0 Å². The molecule has 5 heteroatoms. The van der Waals surface area contributed by atoms with Crippen molar-refractivity contribution < 1.29 is 12.8 Å². The Balaban J connectivity index is 1.97. The highest BCUT2D eigenvalue weighted by atomic mass is 32.2. The van der Waals surface area contributed by atoms with Crippen LogP contribution < -0.4 is 4.72 Å². The predicted octanol–water partition coefficient (Wildman–Crippen LogP) is 2.75. The summed E-state index contributed by atoms with van der Waals surface area (Å²) in [7, 11) is -3.40. The SMILES string of the molecule is Cc1ccc(CS(=O)(=O)NCc2ccc(F)cc2)cc1. The van der Waals surface area contributed by atoms with E-state index in [9.17, 15) is 12.8 Å². The first kappa shape index (κ1) is 14.7. The second-order valence-electron chi connectivity index (χ2n) is 4.69. The molecule has 1 N–H and O–H groups in total. The van der Waals surface area contributed by atoms with Gasteiger partial charge in [0.1, 0.15) is 5.82 Å². The van der Waals surface area contributed by atoms with E-state index in [1.54, 1.807) is 24.3 Å². The van der Waals surface area contributed by atoms with Crippen LogP contribution in [0.1, 0.15) is 16.7 Å². The first-order valence-corrected chi connectivity index (χ1v) is 7.87. The Hall–Kier alpha value is -1.72. The minimum Gasteiger partial charge on any atom is -0.212 e. The molecule has 0 atom stereocenters. The third-order valence-corrected chi connectivity index (χ3v) is 4.18. The minimum absolute atomic E-state index is 0.0610. The van der Waals surface area contributed by atoms with E-state index in [0.29, 0.717) is 0 Å². The lowest BCUT2D eigenvalue weighted by molar-refractivity contribution is 0.580. The molecule has 0 aliphatic heterocycles. The molecule has 0 heterocycles. The fraction of sp³-hybridized carbons (Fsp3) is 0.200. The molecular weight excluding hydrogens is 277 g/mol. The Morgan fingerprint density at radius 2 is 1.50 bits per heavy atom. The van der Waals surface area contributed by atoms with E-state index < -0.39 is 10.0 Å². The van der Waals surface area contributed by atoms with Gasteiger partial charge in [-0.25, -0.2) is 17.5 Å². The first-order chi connectivity index (χ1) is 9.44. The van der Waals surface area contributed by atoms with Crippen LogP contribution in [0, 0.1) is 12.7 Å². The van der Waals surface area contributed by atoms with E-state index >= 15 is 0 Å². The summed E-state index contributed by atoms with van der Waals surface area (Å²) in [6.07, 6.45) is 0. The van der Waals surface area contributed by atoms with Crippen molar-refractivity contribution in [2.75, 3.05) is 0 Å². The molecule has 3 nitrogen and oxygen atoms in total. The molecule has 0 bridgehead atoms. The van der Waals surface area contributed by atoms with Crippen LogP contribution in [0.25, 0.3) is 0 Å². The Morgan fingerprint density at radius 3 is 2.10 bits per heavy atom. The molecule has 0 unspecified atom stereocenters. The zero-order chi connectivity index (χ0) is 14.6. The smallest absolute Gasteiger partial charge is 0.212 e. The topological polar surface area (TPSA) is 46.2 Å². The van der Waals surface area contributed by atoms with E-state index in [1.807, 2.05) is 19.1 Å². The molecule has 0 spiro atoms. The van der Waals surface area contributed by atoms with Crippen molar-refractivity contribution in [3.8, 4) is 0 Å². The standard InChI is InChI=1S/C15H16FNO2S/c1-12-2-4-14(5-3-12)11-20(18,19)17-10-13-6-8-15(16)9-7-13/h2-9,17H,10-11H2,1H3. The number of halogens is 1. The zero-order valence-corrected chi connectivity index (χ0v) is 12.0. The Kier molecular flexibility index (Phi) is 4.52. The largest absolute Gasteiger partial charge is 0.216 e. The molecule has 106 valence electrons. The van der Waals surface area contributed by atoms with Gasteiger partial charge in [0.25, 0.3) is 0 Å². The number of rotatable bonds is 5. The molecular formula is C15H16FNO2S. The average Bonchev–Trinajstić information content (AvgIpc) is 2.41. The van der Waals surface area contributed by atoms with E-state index in [0.717, 1.165) is 16.7 Å². The summed E-state index contributed by atoms with van der Waals surface area (Å²) in [6.45, 7) is 2.11. The number of aryl methyl sites for hydroxylation is 1. The Morgan fingerprint density at radius 1 is 0.950 bits per heavy atom. The molecule has 0 radical (unpaired) electrons. The molecule has 0 fully saturated rings. The van der Waals surface area contributed by atoms with Crippen LogP contribution in [0.3, 0.4) is 0 Å². The number of nitrogens with one attached hydrogen (secondary N) is 1. The van der Waals surface area contributed by atoms with Gasteiger partial charge in [-0.15, -0.1) is 0 Å². The molecule has 2 rings (SSSR count).